The van der Waals surface area contributed by atoms with Crippen LogP contribution in [0, 0.1) is 5.82 Å². The molecule has 2 rings (SSSR count). The molecule has 124 valence electrons. The molecule has 6 nitrogen and oxygen atoms in total. The van der Waals surface area contributed by atoms with Crippen LogP contribution in [-0.2, 0) is 20.0 Å². The fourth-order valence-electron chi connectivity index (χ4n) is 1.96. The molecule has 0 bridgehead atoms. The number of primary sulfonamides is 1. The molecule has 0 radical (unpaired) electrons. The first kappa shape index (κ1) is 17.5. The molecule has 0 fully saturated rings. The van der Waals surface area contributed by atoms with Crippen molar-refractivity contribution in [3.8, 4) is 0 Å². The third-order valence-corrected chi connectivity index (χ3v) is 5.57. The van der Waals surface area contributed by atoms with Crippen LogP contribution in [0.15, 0.2) is 58.3 Å². The maximum atomic E-state index is 13.2. The summed E-state index contributed by atoms with van der Waals surface area (Å²) < 4.78 is 62.7. The van der Waals surface area contributed by atoms with Gasteiger partial charge in [-0.05, 0) is 42.8 Å². The molecule has 0 heterocycles. The number of sulfonamides is 2. The van der Waals surface area contributed by atoms with E-state index in [0.29, 0.717) is 5.56 Å². The highest BCUT2D eigenvalue weighted by Gasteiger charge is 2.20. The molecule has 0 saturated heterocycles. The lowest BCUT2D eigenvalue weighted by atomic mass is 10.1. The van der Waals surface area contributed by atoms with Gasteiger partial charge in [0.2, 0.25) is 20.0 Å². The largest absolute Gasteiger partial charge is 0.241 e. The minimum Gasteiger partial charge on any atom is -0.225 e. The normalized spacial score (nSPS) is 13.7. The van der Waals surface area contributed by atoms with Crippen LogP contribution in [0.25, 0.3) is 0 Å². The number of hydrogen-bond acceptors (Lipinski definition) is 4. The van der Waals surface area contributed by atoms with Gasteiger partial charge in [0.1, 0.15) is 5.82 Å². The molecule has 2 aromatic rings. The van der Waals surface area contributed by atoms with Crippen LogP contribution in [0.2, 0.25) is 0 Å². The summed E-state index contributed by atoms with van der Waals surface area (Å²) in [6.45, 7) is 1.54. The van der Waals surface area contributed by atoms with E-state index in [1.807, 2.05) is 0 Å². The Morgan fingerprint density at radius 2 is 1.61 bits per heavy atom. The molecule has 1 unspecified atom stereocenters. The van der Waals surface area contributed by atoms with E-state index >= 15 is 0 Å². The number of nitrogens with two attached hydrogens (primary N) is 1. The van der Waals surface area contributed by atoms with Crippen molar-refractivity contribution in [2.75, 3.05) is 0 Å². The number of benzene rings is 2. The zero-order valence-corrected chi connectivity index (χ0v) is 13.7. The van der Waals surface area contributed by atoms with Crippen LogP contribution in [0.4, 0.5) is 4.39 Å². The molecule has 0 aromatic heterocycles. The van der Waals surface area contributed by atoms with E-state index in [0.717, 1.165) is 12.1 Å². The Labute approximate surface area is 134 Å². The van der Waals surface area contributed by atoms with Crippen LogP contribution in [-0.4, -0.2) is 16.8 Å². The summed E-state index contributed by atoms with van der Waals surface area (Å²) in [7, 11) is -7.84. The maximum Gasteiger partial charge on any atom is 0.241 e. The Morgan fingerprint density at radius 3 is 2.22 bits per heavy atom. The Kier molecular flexibility index (Phi) is 4.85. The second-order valence-corrected chi connectivity index (χ2v) is 8.19. The summed E-state index contributed by atoms with van der Waals surface area (Å²) in [5.41, 5.74) is 0.413. The lowest BCUT2D eigenvalue weighted by Gasteiger charge is -2.15. The van der Waals surface area contributed by atoms with E-state index < -0.39 is 31.9 Å². The standard InChI is InChI=1S/C14H15FN2O4S2/c1-10(11-4-2-6-13(8-11)22(16,18)19)17-23(20,21)14-7-3-5-12(15)9-14/h2-10,17H,1H3,(H2,16,18,19). The minimum absolute atomic E-state index is 0.119. The van der Waals surface area contributed by atoms with Gasteiger partial charge in [0.15, 0.2) is 0 Å². The molecule has 1 atom stereocenters. The monoisotopic (exact) mass is 358 g/mol. The first-order valence-corrected chi connectivity index (χ1v) is 9.53. The Balaban J connectivity index is 2.30. The van der Waals surface area contributed by atoms with E-state index in [1.54, 1.807) is 13.0 Å². The number of halogens is 1. The molecule has 0 amide bonds. The zero-order chi connectivity index (χ0) is 17.3. The molecule has 0 saturated carbocycles. The van der Waals surface area contributed by atoms with Gasteiger partial charge in [0, 0.05) is 6.04 Å². The molecule has 0 aliphatic rings. The Bertz CT molecular complexity index is 927. The number of hydrogen-bond donors (Lipinski definition) is 2. The summed E-state index contributed by atoms with van der Waals surface area (Å²) in [5, 5.41) is 5.05. The van der Waals surface area contributed by atoms with E-state index in [9.17, 15) is 21.2 Å². The lowest BCUT2D eigenvalue weighted by Crippen LogP contribution is -2.27. The van der Waals surface area contributed by atoms with E-state index in [-0.39, 0.29) is 9.79 Å². The van der Waals surface area contributed by atoms with Crippen molar-refractivity contribution in [1.29, 1.82) is 0 Å². The van der Waals surface area contributed by atoms with Crippen molar-refractivity contribution in [1.82, 2.24) is 4.72 Å². The van der Waals surface area contributed by atoms with Gasteiger partial charge < -0.3 is 0 Å². The predicted molar refractivity (Wildman–Crippen MR) is 83.0 cm³/mol. The highest BCUT2D eigenvalue weighted by Crippen LogP contribution is 2.20. The average Bonchev–Trinajstić information content (AvgIpc) is 2.46. The summed E-state index contributed by atoms with van der Waals surface area (Å²) in [4.78, 5) is -0.334. The van der Waals surface area contributed by atoms with Crippen LogP contribution in [0.3, 0.4) is 0 Å². The van der Waals surface area contributed by atoms with Crippen molar-refractivity contribution < 1.29 is 21.2 Å². The average molecular weight is 358 g/mol. The van der Waals surface area contributed by atoms with Crippen LogP contribution in [0.5, 0.6) is 0 Å². The van der Waals surface area contributed by atoms with Crippen molar-refractivity contribution >= 4 is 20.0 Å². The van der Waals surface area contributed by atoms with Gasteiger partial charge in [-0.15, -0.1) is 0 Å². The zero-order valence-electron chi connectivity index (χ0n) is 12.1. The molecule has 3 N–H and O–H groups in total. The second-order valence-electron chi connectivity index (χ2n) is 4.92. The van der Waals surface area contributed by atoms with E-state index in [2.05, 4.69) is 4.72 Å². The Hall–Kier alpha value is -1.81. The highest BCUT2D eigenvalue weighted by atomic mass is 32.2. The SMILES string of the molecule is CC(NS(=O)(=O)c1cccc(F)c1)c1cccc(S(N)(=O)=O)c1. The Morgan fingerprint density at radius 1 is 1.00 bits per heavy atom. The number of nitrogens with one attached hydrogen (secondary N) is 1. The topological polar surface area (TPSA) is 106 Å². The van der Waals surface area contributed by atoms with Crippen molar-refractivity contribution in [2.24, 2.45) is 5.14 Å². The van der Waals surface area contributed by atoms with Gasteiger partial charge in [0.25, 0.3) is 0 Å². The van der Waals surface area contributed by atoms with Crippen molar-refractivity contribution in [2.45, 2.75) is 22.8 Å². The first-order valence-electron chi connectivity index (χ1n) is 6.50. The molecular weight excluding hydrogens is 343 g/mol. The fraction of sp³-hybridized carbons (Fsp3) is 0.143. The molecule has 0 aliphatic carbocycles. The van der Waals surface area contributed by atoms with Crippen molar-refractivity contribution in [3.05, 3.63) is 59.9 Å². The summed E-state index contributed by atoms with van der Waals surface area (Å²) >= 11 is 0. The number of rotatable bonds is 5. The predicted octanol–water partition coefficient (Wildman–Crippen LogP) is 1.51. The fourth-order valence-corrected chi connectivity index (χ4v) is 3.80. The van der Waals surface area contributed by atoms with Gasteiger partial charge >= 0.3 is 0 Å². The van der Waals surface area contributed by atoms with Gasteiger partial charge in [-0.25, -0.2) is 31.1 Å². The molecule has 2 aromatic carbocycles. The molecule has 9 heteroatoms. The first-order chi connectivity index (χ1) is 10.6. The van der Waals surface area contributed by atoms with Gasteiger partial charge in [0.05, 0.1) is 9.79 Å². The quantitative estimate of drug-likeness (QED) is 0.845. The third-order valence-electron chi connectivity index (χ3n) is 3.12. The molecular formula is C14H15FN2O4S2. The molecule has 23 heavy (non-hydrogen) atoms. The lowest BCUT2D eigenvalue weighted by molar-refractivity contribution is 0.563. The van der Waals surface area contributed by atoms with Gasteiger partial charge in [-0.1, -0.05) is 18.2 Å². The van der Waals surface area contributed by atoms with Crippen LogP contribution < -0.4 is 9.86 Å². The van der Waals surface area contributed by atoms with Crippen LogP contribution >= 0.6 is 0 Å². The summed E-state index contributed by atoms with van der Waals surface area (Å²) in [6.07, 6.45) is 0. The summed E-state index contributed by atoms with van der Waals surface area (Å²) in [6, 6.07) is 9.48. The minimum atomic E-state index is -3.95. The smallest absolute Gasteiger partial charge is 0.225 e. The highest BCUT2D eigenvalue weighted by molar-refractivity contribution is 7.89. The second kappa shape index (κ2) is 6.36. The van der Waals surface area contributed by atoms with Crippen LogP contribution in [0.1, 0.15) is 18.5 Å². The molecule has 0 aliphatic heterocycles. The van der Waals surface area contributed by atoms with E-state index in [1.165, 1.54) is 30.3 Å². The van der Waals surface area contributed by atoms with Gasteiger partial charge in [-0.2, -0.15) is 0 Å². The molecule has 0 spiro atoms. The van der Waals surface area contributed by atoms with Crippen molar-refractivity contribution in [3.63, 3.8) is 0 Å². The summed E-state index contributed by atoms with van der Waals surface area (Å²) in [5.74, 6) is -0.670. The van der Waals surface area contributed by atoms with Gasteiger partial charge in [-0.3, -0.25) is 0 Å². The maximum absolute atomic E-state index is 13.2. The van der Waals surface area contributed by atoms with E-state index in [4.69, 9.17) is 5.14 Å². The third kappa shape index (κ3) is 4.35.